The van der Waals surface area contributed by atoms with E-state index >= 15 is 0 Å². The standard InChI is InChI=1S/C27H52ClNO4/c1-2-3-4-5-6-13-18-25-33-27(32)20-15-10-8-12-17-23-29(24-21-28)22-16-11-7-9-14-19-26(30)31/h2-25H2,1H3,(H,30,31). The van der Waals surface area contributed by atoms with Gasteiger partial charge in [0.05, 0.1) is 6.61 Å². The van der Waals surface area contributed by atoms with Gasteiger partial charge in [0.2, 0.25) is 0 Å². The first-order valence-corrected chi connectivity index (χ1v) is 14.3. The van der Waals surface area contributed by atoms with Gasteiger partial charge >= 0.3 is 11.9 Å². The summed E-state index contributed by atoms with van der Waals surface area (Å²) in [5.41, 5.74) is 0. The lowest BCUT2D eigenvalue weighted by Crippen LogP contribution is -2.28. The molecule has 0 heterocycles. The van der Waals surface area contributed by atoms with Crippen molar-refractivity contribution in [3.63, 3.8) is 0 Å². The molecule has 33 heavy (non-hydrogen) atoms. The number of esters is 1. The van der Waals surface area contributed by atoms with E-state index in [-0.39, 0.29) is 5.97 Å². The van der Waals surface area contributed by atoms with Crippen LogP contribution in [0, 0.1) is 0 Å². The first-order chi connectivity index (χ1) is 16.1. The summed E-state index contributed by atoms with van der Waals surface area (Å²) in [5, 5.41) is 8.66. The van der Waals surface area contributed by atoms with Crippen LogP contribution in [0.25, 0.3) is 0 Å². The summed E-state index contributed by atoms with van der Waals surface area (Å²) in [6.45, 7) is 5.93. The largest absolute Gasteiger partial charge is 0.481 e. The number of alkyl halides is 1. The first kappa shape index (κ1) is 32.2. The maximum atomic E-state index is 11.8. The summed E-state index contributed by atoms with van der Waals surface area (Å²) in [6.07, 6.45) is 20.3. The molecule has 1 N–H and O–H groups in total. The Kier molecular flexibility index (Phi) is 25.2. The molecule has 0 unspecified atom stereocenters. The number of nitrogens with zero attached hydrogens (tertiary/aromatic N) is 1. The predicted octanol–water partition coefficient (Wildman–Crippen LogP) is 7.59. The summed E-state index contributed by atoms with van der Waals surface area (Å²) in [7, 11) is 0. The van der Waals surface area contributed by atoms with Gasteiger partial charge in [-0.05, 0) is 45.2 Å². The minimum Gasteiger partial charge on any atom is -0.481 e. The minimum absolute atomic E-state index is 0.0303. The molecule has 0 aliphatic rings. The van der Waals surface area contributed by atoms with Gasteiger partial charge in [-0.2, -0.15) is 0 Å². The van der Waals surface area contributed by atoms with Gasteiger partial charge in [-0.3, -0.25) is 9.59 Å². The molecule has 0 saturated heterocycles. The molecular formula is C27H52ClNO4. The lowest BCUT2D eigenvalue weighted by atomic mass is 10.1. The fourth-order valence-corrected chi connectivity index (χ4v) is 4.29. The molecule has 0 spiro atoms. The molecule has 0 aliphatic carbocycles. The fraction of sp³-hybridized carbons (Fsp3) is 0.926. The molecule has 0 aromatic heterocycles. The van der Waals surface area contributed by atoms with Gasteiger partial charge in [-0.15, -0.1) is 11.6 Å². The molecule has 0 rings (SSSR count). The number of hydrogen-bond acceptors (Lipinski definition) is 4. The van der Waals surface area contributed by atoms with E-state index in [4.69, 9.17) is 21.4 Å². The Morgan fingerprint density at radius 1 is 0.667 bits per heavy atom. The second-order valence-electron chi connectivity index (χ2n) is 9.30. The van der Waals surface area contributed by atoms with Gasteiger partial charge in [0.25, 0.3) is 0 Å². The van der Waals surface area contributed by atoms with Crippen LogP contribution in [-0.2, 0) is 14.3 Å². The number of ether oxygens (including phenoxy) is 1. The highest BCUT2D eigenvalue weighted by molar-refractivity contribution is 6.18. The maximum absolute atomic E-state index is 11.8. The van der Waals surface area contributed by atoms with Crippen LogP contribution in [0.4, 0.5) is 0 Å². The fourth-order valence-electron chi connectivity index (χ4n) is 4.05. The molecule has 6 heteroatoms. The monoisotopic (exact) mass is 489 g/mol. The number of carboxylic acids is 1. The lowest BCUT2D eigenvalue weighted by Gasteiger charge is -2.21. The highest BCUT2D eigenvalue weighted by Crippen LogP contribution is 2.11. The van der Waals surface area contributed by atoms with Crippen molar-refractivity contribution in [2.45, 2.75) is 129 Å². The van der Waals surface area contributed by atoms with Gasteiger partial charge in [0.1, 0.15) is 0 Å². The molecule has 0 atom stereocenters. The van der Waals surface area contributed by atoms with Crippen LogP contribution in [0.5, 0.6) is 0 Å². The molecule has 0 saturated carbocycles. The highest BCUT2D eigenvalue weighted by Gasteiger charge is 2.05. The van der Waals surface area contributed by atoms with E-state index in [1.165, 1.54) is 57.8 Å². The van der Waals surface area contributed by atoms with E-state index in [0.717, 1.165) is 71.0 Å². The Morgan fingerprint density at radius 3 is 1.70 bits per heavy atom. The number of carbonyl (C=O) groups is 2. The Morgan fingerprint density at radius 2 is 1.15 bits per heavy atom. The number of unbranched alkanes of at least 4 members (excludes halogenated alkanes) is 14. The zero-order chi connectivity index (χ0) is 24.4. The maximum Gasteiger partial charge on any atom is 0.305 e. The van der Waals surface area contributed by atoms with Crippen LogP contribution in [0.3, 0.4) is 0 Å². The van der Waals surface area contributed by atoms with Crippen molar-refractivity contribution in [1.29, 1.82) is 0 Å². The van der Waals surface area contributed by atoms with E-state index in [1.54, 1.807) is 0 Å². The molecule has 0 fully saturated rings. The van der Waals surface area contributed by atoms with E-state index in [2.05, 4.69) is 11.8 Å². The van der Waals surface area contributed by atoms with Crippen LogP contribution in [-0.4, -0.2) is 54.1 Å². The van der Waals surface area contributed by atoms with Gasteiger partial charge in [0, 0.05) is 25.3 Å². The smallest absolute Gasteiger partial charge is 0.305 e. The van der Waals surface area contributed by atoms with Gasteiger partial charge < -0.3 is 14.7 Å². The van der Waals surface area contributed by atoms with E-state index in [1.807, 2.05) is 0 Å². The molecule has 0 radical (unpaired) electrons. The van der Waals surface area contributed by atoms with Crippen LogP contribution >= 0.6 is 11.6 Å². The van der Waals surface area contributed by atoms with Crippen LogP contribution in [0.1, 0.15) is 129 Å². The number of rotatable bonds is 26. The van der Waals surface area contributed by atoms with Gasteiger partial charge in [-0.25, -0.2) is 0 Å². The number of carbonyl (C=O) groups excluding carboxylic acids is 1. The normalized spacial score (nSPS) is 11.2. The quantitative estimate of drug-likeness (QED) is 0.0769. The van der Waals surface area contributed by atoms with E-state index in [0.29, 0.717) is 25.3 Å². The Bertz CT molecular complexity index is 448. The van der Waals surface area contributed by atoms with Crippen LogP contribution in [0.15, 0.2) is 0 Å². The number of hydrogen-bond donors (Lipinski definition) is 1. The molecule has 5 nitrogen and oxygen atoms in total. The summed E-state index contributed by atoms with van der Waals surface area (Å²) >= 11 is 5.96. The van der Waals surface area contributed by atoms with Gasteiger partial charge in [0.15, 0.2) is 0 Å². The van der Waals surface area contributed by atoms with E-state index in [9.17, 15) is 9.59 Å². The molecule has 0 amide bonds. The van der Waals surface area contributed by atoms with Crippen molar-refractivity contribution in [3.05, 3.63) is 0 Å². The summed E-state index contributed by atoms with van der Waals surface area (Å²) in [5.74, 6) is -0.0567. The van der Waals surface area contributed by atoms with Crippen molar-refractivity contribution in [2.75, 3.05) is 32.1 Å². The zero-order valence-electron chi connectivity index (χ0n) is 21.5. The Hall–Kier alpha value is -0.810. The van der Waals surface area contributed by atoms with Gasteiger partial charge in [-0.1, -0.05) is 84.0 Å². The zero-order valence-corrected chi connectivity index (χ0v) is 22.2. The second kappa shape index (κ2) is 25.8. The van der Waals surface area contributed by atoms with Crippen molar-refractivity contribution in [3.8, 4) is 0 Å². The predicted molar refractivity (Wildman–Crippen MR) is 139 cm³/mol. The average molecular weight is 490 g/mol. The molecular weight excluding hydrogens is 438 g/mol. The summed E-state index contributed by atoms with van der Waals surface area (Å²) in [4.78, 5) is 24.8. The second-order valence-corrected chi connectivity index (χ2v) is 9.68. The molecule has 0 bridgehead atoms. The summed E-state index contributed by atoms with van der Waals surface area (Å²) < 4.78 is 5.35. The van der Waals surface area contributed by atoms with Crippen LogP contribution in [0.2, 0.25) is 0 Å². The Labute approximate surface area is 209 Å². The highest BCUT2D eigenvalue weighted by atomic mass is 35.5. The molecule has 0 aromatic carbocycles. The third kappa shape index (κ3) is 25.6. The van der Waals surface area contributed by atoms with Crippen molar-refractivity contribution >= 4 is 23.5 Å². The van der Waals surface area contributed by atoms with Crippen LogP contribution < -0.4 is 0 Å². The third-order valence-electron chi connectivity index (χ3n) is 6.13. The number of carboxylic acid groups (broad SMARTS) is 1. The Balaban J connectivity index is 3.50. The molecule has 0 aliphatic heterocycles. The SMILES string of the molecule is CCCCCCCCCOC(=O)CCCCCCCN(CCCl)CCCCCCCC(=O)O. The average Bonchev–Trinajstić information content (AvgIpc) is 2.79. The van der Waals surface area contributed by atoms with Crippen molar-refractivity contribution in [2.24, 2.45) is 0 Å². The number of aliphatic carboxylic acids is 1. The first-order valence-electron chi connectivity index (χ1n) is 13.8. The van der Waals surface area contributed by atoms with Crippen molar-refractivity contribution in [1.82, 2.24) is 4.90 Å². The molecule has 0 aromatic rings. The van der Waals surface area contributed by atoms with E-state index < -0.39 is 5.97 Å². The minimum atomic E-state index is -0.693. The van der Waals surface area contributed by atoms with Crippen molar-refractivity contribution < 1.29 is 19.4 Å². The number of halogens is 1. The molecule has 196 valence electrons. The summed E-state index contributed by atoms with van der Waals surface area (Å²) in [6, 6.07) is 0. The third-order valence-corrected chi connectivity index (χ3v) is 6.30. The topological polar surface area (TPSA) is 66.8 Å². The lowest BCUT2D eigenvalue weighted by molar-refractivity contribution is -0.144.